The first kappa shape index (κ1) is 23.8. The van der Waals surface area contributed by atoms with Crippen LogP contribution in [0.3, 0.4) is 0 Å². The molecule has 4 heteroatoms. The van der Waals surface area contributed by atoms with Gasteiger partial charge in [0.2, 0.25) is 0 Å². The number of nitrogens with two attached hydrogens (primary N) is 2. The Morgan fingerprint density at radius 2 is 1.88 bits per heavy atom. The highest BCUT2D eigenvalue weighted by Gasteiger charge is 2.61. The van der Waals surface area contributed by atoms with Gasteiger partial charge in [-0.1, -0.05) is 40.5 Å². The molecule has 0 aromatic heterocycles. The molecule has 0 bridgehead atoms. The van der Waals surface area contributed by atoms with E-state index in [1.54, 1.807) is 0 Å². The first-order chi connectivity index (χ1) is 15.0. The van der Waals surface area contributed by atoms with Crippen LogP contribution in [0.25, 0.3) is 0 Å². The number of hydrogen-bond acceptors (Lipinski definition) is 4. The van der Waals surface area contributed by atoms with Gasteiger partial charge in [-0.15, -0.1) is 0 Å². The molecule has 0 heterocycles. The quantitative estimate of drug-likeness (QED) is 0.352. The van der Waals surface area contributed by atoms with Crippen LogP contribution in [0.5, 0.6) is 5.75 Å². The summed E-state index contributed by atoms with van der Waals surface area (Å²) >= 11 is 0. The normalized spacial score (nSPS) is 33.7. The second-order valence-corrected chi connectivity index (χ2v) is 12.2. The van der Waals surface area contributed by atoms with Gasteiger partial charge in [-0.2, -0.15) is 0 Å². The number of unbranched alkanes of at least 4 members (excludes halogenated alkanes) is 1. The molecule has 4 rings (SSSR count). The fraction of sp³-hybridized carbons (Fsp3) is 0.750. The lowest BCUT2D eigenvalue weighted by Gasteiger charge is -2.61. The molecule has 178 valence electrons. The highest BCUT2D eigenvalue weighted by Crippen LogP contribution is 2.67. The van der Waals surface area contributed by atoms with E-state index < -0.39 is 6.04 Å². The lowest BCUT2D eigenvalue weighted by Crippen LogP contribution is -2.55. The molecule has 0 aliphatic heterocycles. The van der Waals surface area contributed by atoms with Crippen LogP contribution >= 0.6 is 0 Å². The number of carbonyl (C=O) groups excluding carboxylic acids is 1. The van der Waals surface area contributed by atoms with Gasteiger partial charge in [-0.25, -0.2) is 4.79 Å². The molecule has 0 radical (unpaired) electrons. The summed E-state index contributed by atoms with van der Waals surface area (Å²) in [5.41, 5.74) is 16.8. The third-order valence-electron chi connectivity index (χ3n) is 9.67. The Hall–Kier alpha value is -1.39. The second kappa shape index (κ2) is 8.43. The molecule has 0 saturated heterocycles. The van der Waals surface area contributed by atoms with Gasteiger partial charge in [-0.3, -0.25) is 0 Å². The van der Waals surface area contributed by atoms with Crippen LogP contribution < -0.4 is 16.2 Å². The van der Waals surface area contributed by atoms with E-state index in [0.29, 0.717) is 35.5 Å². The number of esters is 1. The first-order valence-electron chi connectivity index (χ1n) is 12.8. The van der Waals surface area contributed by atoms with Crippen molar-refractivity contribution in [2.45, 2.75) is 104 Å². The van der Waals surface area contributed by atoms with E-state index in [-0.39, 0.29) is 11.4 Å². The number of fused-ring (bicyclic) bond motifs is 5. The monoisotopic (exact) mass is 440 g/mol. The average molecular weight is 441 g/mol. The molecule has 2 saturated carbocycles. The SMILES string of the molecule is Cc1cc(OC(=O)[C@@H](N)CCCCN)cc2c1[C@]1(C)CCC3C(C)(C)CCC[C@]3(C)[C@H]1C2. The van der Waals surface area contributed by atoms with Crippen LogP contribution in [0.2, 0.25) is 0 Å². The van der Waals surface area contributed by atoms with Crippen LogP contribution in [0.4, 0.5) is 0 Å². The van der Waals surface area contributed by atoms with E-state index in [9.17, 15) is 4.79 Å². The van der Waals surface area contributed by atoms with E-state index in [4.69, 9.17) is 16.2 Å². The maximum absolute atomic E-state index is 12.6. The van der Waals surface area contributed by atoms with E-state index >= 15 is 0 Å². The molecule has 3 aliphatic rings. The van der Waals surface area contributed by atoms with Gasteiger partial charge < -0.3 is 16.2 Å². The van der Waals surface area contributed by atoms with Gasteiger partial charge in [0.15, 0.2) is 0 Å². The Bertz CT molecular complexity index is 878. The largest absolute Gasteiger partial charge is 0.425 e. The van der Waals surface area contributed by atoms with Crippen LogP contribution in [-0.4, -0.2) is 18.6 Å². The summed E-state index contributed by atoms with van der Waals surface area (Å²) in [5.74, 6) is 1.78. The molecule has 0 spiro atoms. The van der Waals surface area contributed by atoms with Crippen molar-refractivity contribution in [3.05, 3.63) is 28.8 Å². The van der Waals surface area contributed by atoms with Crippen molar-refractivity contribution in [2.75, 3.05) is 6.54 Å². The second-order valence-electron chi connectivity index (χ2n) is 12.2. The number of benzene rings is 1. The first-order valence-corrected chi connectivity index (χ1v) is 12.8. The third-order valence-corrected chi connectivity index (χ3v) is 9.67. The molecular formula is C28H44N2O2. The number of carbonyl (C=O) groups is 1. The molecule has 5 atom stereocenters. The minimum Gasteiger partial charge on any atom is -0.425 e. The third kappa shape index (κ3) is 3.81. The van der Waals surface area contributed by atoms with E-state index in [1.165, 1.54) is 48.8 Å². The van der Waals surface area contributed by atoms with E-state index in [0.717, 1.165) is 25.2 Å². The summed E-state index contributed by atoms with van der Waals surface area (Å²) in [7, 11) is 0. The molecule has 1 aromatic carbocycles. The van der Waals surface area contributed by atoms with Gasteiger partial charge in [0.05, 0.1) is 0 Å². The standard InChI is InChI=1S/C28H44N2O2/c1-18-15-20(32-25(31)21(30)9-6-7-14-29)16-19-17-23-27(4)12-8-11-26(2,3)22(27)10-13-28(23,5)24(18)19/h15-16,21-23H,6-14,17,29-30H2,1-5H3/t21-,22?,23+,27-,28+/m0/s1. The lowest BCUT2D eigenvalue weighted by molar-refractivity contribution is -0.136. The van der Waals surface area contributed by atoms with Crippen molar-refractivity contribution in [1.29, 1.82) is 0 Å². The van der Waals surface area contributed by atoms with Crippen molar-refractivity contribution in [3.63, 3.8) is 0 Å². The maximum atomic E-state index is 12.6. The Morgan fingerprint density at radius 1 is 1.12 bits per heavy atom. The molecule has 3 aliphatic carbocycles. The zero-order chi connectivity index (χ0) is 23.3. The minimum absolute atomic E-state index is 0.221. The van der Waals surface area contributed by atoms with Crippen molar-refractivity contribution < 1.29 is 9.53 Å². The van der Waals surface area contributed by atoms with Gasteiger partial charge in [0.25, 0.3) is 0 Å². The molecule has 0 amide bonds. The molecule has 4 N–H and O–H groups in total. The van der Waals surface area contributed by atoms with Gasteiger partial charge in [0, 0.05) is 0 Å². The smallest absolute Gasteiger partial charge is 0.328 e. The number of rotatable bonds is 6. The van der Waals surface area contributed by atoms with Gasteiger partial charge >= 0.3 is 5.97 Å². The molecule has 4 nitrogen and oxygen atoms in total. The van der Waals surface area contributed by atoms with E-state index in [1.807, 2.05) is 0 Å². The number of aryl methyl sites for hydroxylation is 1. The Morgan fingerprint density at radius 3 is 2.59 bits per heavy atom. The predicted molar refractivity (Wildman–Crippen MR) is 131 cm³/mol. The van der Waals surface area contributed by atoms with Gasteiger partial charge in [-0.05, 0) is 115 Å². The zero-order valence-electron chi connectivity index (χ0n) is 20.9. The van der Waals surface area contributed by atoms with Gasteiger partial charge in [0.1, 0.15) is 11.8 Å². The number of hydrogen-bond donors (Lipinski definition) is 2. The predicted octanol–water partition coefficient (Wildman–Crippen LogP) is 5.41. The summed E-state index contributed by atoms with van der Waals surface area (Å²) in [6, 6.07) is 3.62. The Kier molecular flexibility index (Phi) is 6.26. The molecule has 1 unspecified atom stereocenters. The molecular weight excluding hydrogens is 396 g/mol. The molecule has 2 fully saturated rings. The van der Waals surface area contributed by atoms with Crippen LogP contribution in [0.15, 0.2) is 12.1 Å². The van der Waals surface area contributed by atoms with Crippen molar-refractivity contribution in [2.24, 2.45) is 34.1 Å². The Balaban J connectivity index is 1.58. The maximum Gasteiger partial charge on any atom is 0.328 e. The average Bonchev–Trinajstić information content (AvgIpc) is 3.01. The zero-order valence-corrected chi connectivity index (χ0v) is 20.9. The Labute approximate surface area is 194 Å². The highest BCUT2D eigenvalue weighted by atomic mass is 16.5. The summed E-state index contributed by atoms with van der Waals surface area (Å²) in [6.07, 6.45) is 10.1. The van der Waals surface area contributed by atoms with Crippen molar-refractivity contribution in [3.8, 4) is 5.75 Å². The van der Waals surface area contributed by atoms with Crippen LogP contribution in [0.1, 0.15) is 95.8 Å². The molecule has 1 aromatic rings. The topological polar surface area (TPSA) is 78.3 Å². The fourth-order valence-electron chi connectivity index (χ4n) is 8.31. The summed E-state index contributed by atoms with van der Waals surface area (Å²) < 4.78 is 5.77. The minimum atomic E-state index is -0.584. The highest BCUT2D eigenvalue weighted by molar-refractivity contribution is 5.78. The lowest BCUT2D eigenvalue weighted by atomic mass is 9.43. The van der Waals surface area contributed by atoms with E-state index in [2.05, 4.69) is 46.8 Å². The van der Waals surface area contributed by atoms with Crippen LogP contribution in [-0.2, 0) is 16.6 Å². The summed E-state index contributed by atoms with van der Waals surface area (Å²) in [6.45, 7) is 12.9. The summed E-state index contributed by atoms with van der Waals surface area (Å²) in [5, 5.41) is 0. The fourth-order valence-corrected chi connectivity index (χ4v) is 8.31. The molecule has 32 heavy (non-hydrogen) atoms. The van der Waals surface area contributed by atoms with Crippen molar-refractivity contribution in [1.82, 2.24) is 0 Å². The number of ether oxygens (including phenoxy) is 1. The van der Waals surface area contributed by atoms with Crippen molar-refractivity contribution >= 4 is 5.97 Å². The summed E-state index contributed by atoms with van der Waals surface area (Å²) in [4.78, 5) is 12.6. The van der Waals surface area contributed by atoms with Crippen LogP contribution in [0, 0.1) is 29.6 Å².